The summed E-state index contributed by atoms with van der Waals surface area (Å²) in [5.41, 5.74) is 3.23. The molecule has 0 saturated heterocycles. The van der Waals surface area contributed by atoms with Crippen LogP contribution in [0.1, 0.15) is 57.5 Å². The smallest absolute Gasteiger partial charge is 0.266 e. The van der Waals surface area contributed by atoms with E-state index in [1.54, 1.807) is 30.3 Å². The Bertz CT molecular complexity index is 1610. The number of carbonyl (C=O) groups is 2. The zero-order chi connectivity index (χ0) is 26.8. The highest BCUT2D eigenvalue weighted by molar-refractivity contribution is 7.99. The molecule has 6 nitrogen and oxygen atoms in total. The number of hydrogen-bond donors (Lipinski definition) is 1. The van der Waals surface area contributed by atoms with Gasteiger partial charge in [-0.15, -0.1) is 0 Å². The molecule has 0 spiro atoms. The van der Waals surface area contributed by atoms with Crippen LogP contribution in [0.2, 0.25) is 0 Å². The van der Waals surface area contributed by atoms with Crippen molar-refractivity contribution in [3.05, 3.63) is 99.1 Å². The second-order valence-electron chi connectivity index (χ2n) is 9.73. The van der Waals surface area contributed by atoms with Crippen LogP contribution < -0.4 is 10.9 Å². The van der Waals surface area contributed by atoms with E-state index in [-0.39, 0.29) is 28.6 Å². The number of halogens is 1. The lowest BCUT2D eigenvalue weighted by atomic mass is 10.0. The van der Waals surface area contributed by atoms with Crippen molar-refractivity contribution >= 4 is 34.4 Å². The highest BCUT2D eigenvalue weighted by atomic mass is 32.2. The van der Waals surface area contributed by atoms with Crippen molar-refractivity contribution < 1.29 is 14.0 Å². The van der Waals surface area contributed by atoms with Gasteiger partial charge in [-0.1, -0.05) is 54.4 Å². The minimum Gasteiger partial charge on any atom is -0.349 e. The number of benzene rings is 3. The maximum Gasteiger partial charge on any atom is 0.266 e. The van der Waals surface area contributed by atoms with Crippen molar-refractivity contribution in [2.45, 2.75) is 50.7 Å². The first-order chi connectivity index (χ1) is 18.3. The van der Waals surface area contributed by atoms with Crippen molar-refractivity contribution in [1.29, 1.82) is 0 Å². The number of Topliss-reactive ketones (excluding diaryl/α,β-unsaturated/α-hetero) is 1. The maximum absolute atomic E-state index is 14.1. The summed E-state index contributed by atoms with van der Waals surface area (Å²) in [6.07, 6.45) is 4.13. The Morgan fingerprint density at radius 1 is 1.05 bits per heavy atom. The molecule has 38 heavy (non-hydrogen) atoms. The molecule has 0 atom stereocenters. The summed E-state index contributed by atoms with van der Waals surface area (Å²) in [7, 11) is 0. The predicted octanol–water partition coefficient (Wildman–Crippen LogP) is 5.79. The highest BCUT2D eigenvalue weighted by Crippen LogP contribution is 2.25. The summed E-state index contributed by atoms with van der Waals surface area (Å²) in [5, 5.41) is 3.61. The molecule has 1 aliphatic carbocycles. The van der Waals surface area contributed by atoms with E-state index in [0.717, 1.165) is 48.6 Å². The van der Waals surface area contributed by atoms with E-state index in [4.69, 9.17) is 4.98 Å². The number of nitrogens with one attached hydrogen (secondary N) is 1. The minimum atomic E-state index is -0.490. The standard InChI is InChI=1S/C30H28FN3O3S/c1-18-10-12-24(19(2)14-18)27(35)17-38-30-33-26-15-20(28(36)32-22-7-3-4-8-22)11-13-25(26)29(37)34(30)23-9-5-6-21(31)16-23/h5-6,9-16,22H,3-4,7-8,17H2,1-2H3,(H,32,36). The van der Waals surface area contributed by atoms with Crippen LogP contribution >= 0.6 is 11.8 Å². The summed E-state index contributed by atoms with van der Waals surface area (Å²) in [5.74, 6) is -0.749. The minimum absolute atomic E-state index is 0.0407. The fourth-order valence-electron chi connectivity index (χ4n) is 4.92. The number of amides is 1. The third kappa shape index (κ3) is 5.41. The van der Waals surface area contributed by atoms with E-state index in [1.807, 2.05) is 26.0 Å². The molecule has 3 aromatic carbocycles. The fraction of sp³-hybridized carbons (Fsp3) is 0.267. The molecule has 194 valence electrons. The number of rotatable bonds is 7. The Balaban J connectivity index is 1.53. The van der Waals surface area contributed by atoms with Crippen molar-refractivity contribution in [3.8, 4) is 5.69 Å². The zero-order valence-electron chi connectivity index (χ0n) is 21.3. The number of nitrogens with zero attached hydrogens (tertiary/aromatic N) is 2. The summed E-state index contributed by atoms with van der Waals surface area (Å²) >= 11 is 1.11. The Morgan fingerprint density at radius 3 is 2.58 bits per heavy atom. The van der Waals surface area contributed by atoms with Gasteiger partial charge in [0, 0.05) is 17.2 Å². The Labute approximate surface area is 224 Å². The van der Waals surface area contributed by atoms with Gasteiger partial charge in [0.15, 0.2) is 10.9 Å². The van der Waals surface area contributed by atoms with Gasteiger partial charge in [-0.25, -0.2) is 9.37 Å². The van der Waals surface area contributed by atoms with E-state index in [0.29, 0.717) is 27.7 Å². The third-order valence-corrected chi connectivity index (χ3v) is 7.81. The molecule has 1 heterocycles. The molecule has 0 radical (unpaired) electrons. The van der Waals surface area contributed by atoms with E-state index in [9.17, 15) is 18.8 Å². The largest absolute Gasteiger partial charge is 0.349 e. The SMILES string of the molecule is Cc1ccc(C(=O)CSc2nc3cc(C(=O)NC4CCCC4)ccc3c(=O)n2-c2cccc(F)c2)c(C)c1. The Hall–Kier alpha value is -3.78. The van der Waals surface area contributed by atoms with Gasteiger partial charge in [0.25, 0.3) is 11.5 Å². The molecule has 1 fully saturated rings. The summed E-state index contributed by atoms with van der Waals surface area (Å²) in [6, 6.07) is 16.3. The molecule has 4 aromatic rings. The molecule has 5 rings (SSSR count). The van der Waals surface area contributed by atoms with Gasteiger partial charge >= 0.3 is 0 Å². The monoisotopic (exact) mass is 529 g/mol. The average molecular weight is 530 g/mol. The molecule has 1 aromatic heterocycles. The second-order valence-corrected chi connectivity index (χ2v) is 10.7. The van der Waals surface area contributed by atoms with Gasteiger partial charge in [0.05, 0.1) is 22.3 Å². The number of aromatic nitrogens is 2. The summed E-state index contributed by atoms with van der Waals surface area (Å²) < 4.78 is 15.4. The quantitative estimate of drug-likeness (QED) is 0.186. The van der Waals surface area contributed by atoms with Gasteiger partial charge in [-0.05, 0) is 68.7 Å². The number of fused-ring (bicyclic) bond motifs is 1. The fourth-order valence-corrected chi connectivity index (χ4v) is 5.82. The van der Waals surface area contributed by atoms with Crippen LogP contribution in [-0.2, 0) is 0 Å². The molecule has 1 amide bonds. The molecular weight excluding hydrogens is 501 g/mol. The third-order valence-electron chi connectivity index (χ3n) is 6.87. The van der Waals surface area contributed by atoms with Crippen molar-refractivity contribution in [2.24, 2.45) is 0 Å². The van der Waals surface area contributed by atoms with Crippen LogP contribution in [-0.4, -0.2) is 33.0 Å². The first kappa shape index (κ1) is 25.9. The zero-order valence-corrected chi connectivity index (χ0v) is 22.1. The Kier molecular flexibility index (Phi) is 7.42. The van der Waals surface area contributed by atoms with Crippen molar-refractivity contribution in [2.75, 3.05) is 5.75 Å². The second kappa shape index (κ2) is 10.9. The number of hydrogen-bond acceptors (Lipinski definition) is 5. The summed E-state index contributed by atoms with van der Waals surface area (Å²) in [4.78, 5) is 44.2. The lowest BCUT2D eigenvalue weighted by Gasteiger charge is -2.15. The molecule has 0 bridgehead atoms. The molecule has 0 unspecified atom stereocenters. The van der Waals surface area contributed by atoms with Crippen LogP contribution in [0.25, 0.3) is 16.6 Å². The predicted molar refractivity (Wildman–Crippen MR) is 148 cm³/mol. The van der Waals surface area contributed by atoms with Gasteiger partial charge in [0.1, 0.15) is 5.82 Å². The molecule has 1 N–H and O–H groups in total. The van der Waals surface area contributed by atoms with Crippen molar-refractivity contribution in [1.82, 2.24) is 14.9 Å². The van der Waals surface area contributed by atoms with E-state index in [1.165, 1.54) is 22.8 Å². The van der Waals surface area contributed by atoms with E-state index >= 15 is 0 Å². The Morgan fingerprint density at radius 2 is 1.84 bits per heavy atom. The van der Waals surface area contributed by atoms with Crippen LogP contribution in [0.3, 0.4) is 0 Å². The normalized spacial score (nSPS) is 13.7. The summed E-state index contributed by atoms with van der Waals surface area (Å²) in [6.45, 7) is 3.86. The average Bonchev–Trinajstić information content (AvgIpc) is 3.40. The highest BCUT2D eigenvalue weighted by Gasteiger charge is 2.20. The lowest BCUT2D eigenvalue weighted by molar-refractivity contribution is 0.0937. The molecule has 0 aliphatic heterocycles. The number of ketones is 1. The van der Waals surface area contributed by atoms with Crippen LogP contribution in [0.4, 0.5) is 4.39 Å². The van der Waals surface area contributed by atoms with Crippen LogP contribution in [0.15, 0.2) is 70.6 Å². The first-order valence-corrected chi connectivity index (χ1v) is 13.7. The van der Waals surface area contributed by atoms with Gasteiger partial charge in [0.2, 0.25) is 0 Å². The maximum atomic E-state index is 14.1. The number of thioether (sulfide) groups is 1. The van der Waals surface area contributed by atoms with Crippen LogP contribution in [0.5, 0.6) is 0 Å². The molecular formula is C30H28FN3O3S. The first-order valence-electron chi connectivity index (χ1n) is 12.7. The van der Waals surface area contributed by atoms with E-state index < -0.39 is 11.4 Å². The van der Waals surface area contributed by atoms with Gasteiger partial charge < -0.3 is 5.32 Å². The number of aryl methyl sites for hydroxylation is 2. The van der Waals surface area contributed by atoms with Gasteiger partial charge in [-0.2, -0.15) is 0 Å². The van der Waals surface area contributed by atoms with Crippen LogP contribution in [0, 0.1) is 19.7 Å². The topological polar surface area (TPSA) is 81.1 Å². The molecule has 8 heteroatoms. The van der Waals surface area contributed by atoms with E-state index in [2.05, 4.69) is 5.32 Å². The molecule has 1 aliphatic rings. The molecule has 1 saturated carbocycles. The van der Waals surface area contributed by atoms with Crippen molar-refractivity contribution in [3.63, 3.8) is 0 Å². The number of carbonyl (C=O) groups excluding carboxylic acids is 2. The lowest BCUT2D eigenvalue weighted by Crippen LogP contribution is -2.32. The van der Waals surface area contributed by atoms with Gasteiger partial charge in [-0.3, -0.25) is 19.0 Å².